The van der Waals surface area contributed by atoms with Crippen LogP contribution in [0.2, 0.25) is 0 Å². The van der Waals surface area contributed by atoms with Crippen LogP contribution in [0.1, 0.15) is 32.3 Å². The predicted molar refractivity (Wildman–Crippen MR) is 160 cm³/mol. The minimum Gasteiger partial charge on any atom is -0.480 e. The van der Waals surface area contributed by atoms with Gasteiger partial charge in [0, 0.05) is 20.0 Å². The number of aliphatic carboxylic acids is 1. The maximum absolute atomic E-state index is 13.4. The lowest BCUT2D eigenvalue weighted by molar-refractivity contribution is -0.140. The van der Waals surface area contributed by atoms with Gasteiger partial charge in [0.2, 0.25) is 11.8 Å². The van der Waals surface area contributed by atoms with Crippen molar-refractivity contribution in [2.24, 2.45) is 5.92 Å². The average molecular weight is 592 g/mol. The molecule has 0 radical (unpaired) electrons. The molecule has 226 valence electrons. The first-order valence-electron chi connectivity index (χ1n) is 13.9. The Morgan fingerprint density at radius 3 is 1.93 bits per heavy atom. The highest BCUT2D eigenvalue weighted by Gasteiger charge is 2.30. The number of aromatic nitrogens is 2. The number of rotatable bonds is 13. The van der Waals surface area contributed by atoms with E-state index in [1.54, 1.807) is 0 Å². The maximum atomic E-state index is 13.4. The molecule has 1 unspecified atom stereocenters. The number of likely N-dealkylation sites (N-methyl/N-ethyl adjacent to an activating group) is 1. The number of fused-ring (bicyclic) bond motifs is 2. The molecular weight excluding hydrogens is 558 g/mol. The third kappa shape index (κ3) is 6.78. The molecule has 4 rings (SSSR count). The van der Waals surface area contributed by atoms with Gasteiger partial charge in [-0.3, -0.25) is 48.4 Å². The van der Waals surface area contributed by atoms with Gasteiger partial charge in [-0.2, -0.15) is 0 Å². The van der Waals surface area contributed by atoms with Crippen LogP contribution in [0, 0.1) is 5.92 Å². The highest BCUT2D eigenvalue weighted by molar-refractivity contribution is 5.97. The lowest BCUT2D eigenvalue weighted by atomic mass is 10.00. The van der Waals surface area contributed by atoms with Crippen molar-refractivity contribution in [3.8, 4) is 0 Å². The molecule has 0 fully saturated rings. The molecule has 2 aromatic heterocycles. The van der Waals surface area contributed by atoms with Crippen molar-refractivity contribution >= 4 is 39.3 Å². The lowest BCUT2D eigenvalue weighted by Crippen LogP contribution is -2.56. The fourth-order valence-electron chi connectivity index (χ4n) is 5.16. The Kier molecular flexibility index (Phi) is 9.34. The van der Waals surface area contributed by atoms with Crippen LogP contribution in [0.15, 0.2) is 61.6 Å². The largest absolute Gasteiger partial charge is 0.480 e. The smallest absolute Gasteiger partial charge is 0.320 e. The van der Waals surface area contributed by atoms with Crippen LogP contribution in [0.4, 0.5) is 0 Å². The summed E-state index contributed by atoms with van der Waals surface area (Å²) in [6.07, 6.45) is 0.236. The summed E-state index contributed by atoms with van der Waals surface area (Å²) in [7, 11) is 1.45. The molecule has 0 spiro atoms. The van der Waals surface area contributed by atoms with Gasteiger partial charge in [0.1, 0.15) is 12.1 Å². The molecule has 0 saturated heterocycles. The van der Waals surface area contributed by atoms with E-state index in [0.717, 1.165) is 10.1 Å². The number of hydrogen-bond donors (Lipinski definition) is 5. The highest BCUT2D eigenvalue weighted by Crippen LogP contribution is 2.14. The van der Waals surface area contributed by atoms with Crippen LogP contribution >= 0.6 is 0 Å². The second kappa shape index (κ2) is 12.9. The van der Waals surface area contributed by atoms with Crippen molar-refractivity contribution in [1.29, 1.82) is 0 Å². The van der Waals surface area contributed by atoms with E-state index in [1.807, 2.05) is 44.2 Å². The SMILES string of the molecule is CNC(=O)[C@H](Cc1ccccc1)NC(=O)[C@H](CC(C)C)NC(CCn1c(=O)c2cc3c(=O)[nH]c(=O)c3cc2c1=O)C(=O)O. The minimum absolute atomic E-state index is 0.0123. The second-order valence-corrected chi connectivity index (χ2v) is 10.9. The number of amides is 2. The Hall–Kier alpha value is -4.91. The number of carbonyl (C=O) groups excluding carboxylic acids is 2. The third-order valence-electron chi connectivity index (χ3n) is 7.35. The number of nitrogens with one attached hydrogen (secondary N) is 4. The topological polar surface area (TPSA) is 197 Å². The molecule has 0 aliphatic heterocycles. The molecule has 2 amide bonds. The van der Waals surface area contributed by atoms with E-state index in [2.05, 4.69) is 20.9 Å². The van der Waals surface area contributed by atoms with Crippen molar-refractivity contribution in [1.82, 2.24) is 25.5 Å². The molecule has 13 heteroatoms. The number of H-pyrrole nitrogens is 1. The fourth-order valence-corrected chi connectivity index (χ4v) is 5.16. The Bertz CT molecular complexity index is 1790. The molecular formula is C30H33N5O8. The van der Waals surface area contributed by atoms with Gasteiger partial charge in [-0.15, -0.1) is 0 Å². The fraction of sp³-hybridized carbons (Fsp3) is 0.367. The van der Waals surface area contributed by atoms with Crippen LogP contribution in [0.5, 0.6) is 0 Å². The van der Waals surface area contributed by atoms with Gasteiger partial charge in [0.05, 0.1) is 27.6 Å². The van der Waals surface area contributed by atoms with Gasteiger partial charge in [-0.05, 0) is 36.5 Å². The lowest BCUT2D eigenvalue weighted by Gasteiger charge is -2.26. The summed E-state index contributed by atoms with van der Waals surface area (Å²) in [5.74, 6) is -2.30. The normalized spacial score (nSPS) is 13.7. The first-order valence-corrected chi connectivity index (χ1v) is 13.9. The molecule has 0 aliphatic carbocycles. The zero-order chi connectivity index (χ0) is 31.4. The zero-order valence-electron chi connectivity index (χ0n) is 23.9. The van der Waals surface area contributed by atoms with Gasteiger partial charge in [0.15, 0.2) is 0 Å². The molecule has 4 aromatic rings. The zero-order valence-corrected chi connectivity index (χ0v) is 23.9. The maximum Gasteiger partial charge on any atom is 0.320 e. The molecule has 43 heavy (non-hydrogen) atoms. The van der Waals surface area contributed by atoms with E-state index in [1.165, 1.54) is 19.2 Å². The van der Waals surface area contributed by atoms with Crippen LogP contribution in [-0.4, -0.2) is 57.6 Å². The average Bonchev–Trinajstić information content (AvgIpc) is 3.38. The van der Waals surface area contributed by atoms with Crippen molar-refractivity contribution in [3.05, 3.63) is 89.4 Å². The Balaban J connectivity index is 1.55. The number of benzene rings is 2. The molecule has 13 nitrogen and oxygen atoms in total. The Morgan fingerprint density at radius 1 is 0.837 bits per heavy atom. The van der Waals surface area contributed by atoms with E-state index in [9.17, 15) is 38.7 Å². The Morgan fingerprint density at radius 2 is 1.42 bits per heavy atom. The van der Waals surface area contributed by atoms with Gasteiger partial charge < -0.3 is 15.7 Å². The van der Waals surface area contributed by atoms with Crippen LogP contribution in [0.25, 0.3) is 21.5 Å². The third-order valence-corrected chi connectivity index (χ3v) is 7.35. The summed E-state index contributed by atoms with van der Waals surface area (Å²) in [5.41, 5.74) is -1.96. The van der Waals surface area contributed by atoms with Crippen LogP contribution < -0.4 is 38.2 Å². The van der Waals surface area contributed by atoms with Crippen molar-refractivity contribution < 1.29 is 19.5 Å². The van der Waals surface area contributed by atoms with Gasteiger partial charge in [-0.1, -0.05) is 44.2 Å². The van der Waals surface area contributed by atoms with Crippen LogP contribution in [-0.2, 0) is 27.3 Å². The minimum atomic E-state index is -1.33. The molecule has 0 bridgehead atoms. The summed E-state index contributed by atoms with van der Waals surface area (Å²) < 4.78 is 0.860. The summed E-state index contributed by atoms with van der Waals surface area (Å²) >= 11 is 0. The number of nitrogens with zero attached hydrogens (tertiary/aromatic N) is 1. The van der Waals surface area contributed by atoms with E-state index in [0.29, 0.717) is 0 Å². The van der Waals surface area contributed by atoms with E-state index in [4.69, 9.17) is 0 Å². The van der Waals surface area contributed by atoms with Crippen molar-refractivity contribution in [2.75, 3.05) is 7.05 Å². The number of hydrogen-bond acceptors (Lipinski definition) is 8. The monoisotopic (exact) mass is 591 g/mol. The highest BCUT2D eigenvalue weighted by atomic mass is 16.4. The number of carbonyl (C=O) groups is 3. The standard InChI is InChI=1S/C30H33N5O8/c1-15(2)11-22(27(39)33-23(26(38)31-3)12-16-7-5-4-6-8-16)32-21(30(42)43)9-10-35-28(40)19-13-17-18(14-20(19)29(35)41)25(37)34-24(17)36/h4-8,13-15,21-23,32H,9-12H2,1-3H3,(H,31,38)(H,33,39)(H,42,43)(H,34,36,37)/t21?,22-,23-/m0/s1. The molecule has 2 aromatic carbocycles. The van der Waals surface area contributed by atoms with Gasteiger partial charge in [0.25, 0.3) is 22.2 Å². The second-order valence-electron chi connectivity index (χ2n) is 10.9. The Labute approximate surface area is 244 Å². The summed E-state index contributed by atoms with van der Waals surface area (Å²) in [4.78, 5) is 90.4. The quantitative estimate of drug-likeness (QED) is 0.139. The summed E-state index contributed by atoms with van der Waals surface area (Å²) in [6.45, 7) is 3.42. The number of aromatic amines is 1. The molecule has 0 saturated carbocycles. The molecule has 5 N–H and O–H groups in total. The van der Waals surface area contributed by atoms with Gasteiger partial charge in [-0.25, -0.2) is 0 Å². The van der Waals surface area contributed by atoms with E-state index in [-0.39, 0.29) is 53.3 Å². The molecule has 2 heterocycles. The predicted octanol–water partition coefficient (Wildman–Crippen LogP) is -0.240. The van der Waals surface area contributed by atoms with Crippen molar-refractivity contribution in [2.45, 2.75) is 57.8 Å². The summed E-state index contributed by atoms with van der Waals surface area (Å²) in [5, 5.41) is 17.9. The van der Waals surface area contributed by atoms with Crippen molar-refractivity contribution in [3.63, 3.8) is 0 Å². The van der Waals surface area contributed by atoms with E-state index < -0.39 is 58.1 Å². The first-order chi connectivity index (χ1) is 20.4. The van der Waals surface area contributed by atoms with Gasteiger partial charge >= 0.3 is 5.97 Å². The van der Waals surface area contributed by atoms with Crippen LogP contribution in [0.3, 0.4) is 0 Å². The first kappa shape index (κ1) is 31.0. The number of carboxylic acid groups (broad SMARTS) is 1. The molecule has 3 atom stereocenters. The summed E-state index contributed by atoms with van der Waals surface area (Å²) in [6, 6.07) is 8.26. The van der Waals surface area contributed by atoms with E-state index >= 15 is 0 Å². The number of carboxylic acids is 1. The molecule has 0 aliphatic rings.